The number of carbonyl (C=O) groups is 8. The van der Waals surface area contributed by atoms with Crippen LogP contribution in [0.15, 0.2) is 242 Å². The molecule has 0 radical (unpaired) electrons. The number of nitrogens with zero attached hydrogens (tertiary/aromatic N) is 1. The molecule has 2 fully saturated rings. The fraction of sp³-hybridized carbons (Fsp3) is 0.345. The average Bonchev–Trinajstić information content (AvgIpc) is 1.08. The van der Waals surface area contributed by atoms with E-state index in [1.807, 2.05) is 6.07 Å². The van der Waals surface area contributed by atoms with Gasteiger partial charge in [0.15, 0.2) is 18.9 Å². The van der Waals surface area contributed by atoms with Crippen molar-refractivity contribution in [2.24, 2.45) is 4.99 Å². The lowest BCUT2D eigenvalue weighted by Gasteiger charge is -2.47. The smallest absolute Gasteiger partial charge is 0.437 e. The van der Waals surface area contributed by atoms with E-state index in [0.717, 1.165) is 5.56 Å². The predicted molar refractivity (Wildman–Crippen MR) is 417 cm³/mol. The van der Waals surface area contributed by atoms with E-state index >= 15 is 0 Å². The molecule has 7 aromatic rings. The number of hydrogen-bond acceptors (Lipinski definition) is 25. The zero-order valence-electron chi connectivity index (χ0n) is 63.8. The highest BCUT2D eigenvalue weighted by Gasteiger charge is 2.55. The van der Waals surface area contributed by atoms with Crippen LogP contribution in [0.1, 0.15) is 51.8 Å². The van der Waals surface area contributed by atoms with E-state index in [1.165, 1.54) is 24.3 Å². The van der Waals surface area contributed by atoms with Crippen molar-refractivity contribution < 1.29 is 120 Å². The molecule has 8 amide bonds. The summed E-state index contributed by atoms with van der Waals surface area (Å²) < 4.78 is 77.8. The predicted octanol–water partition coefficient (Wildman–Crippen LogP) is 6.73. The van der Waals surface area contributed by atoms with Gasteiger partial charge in [0.25, 0.3) is 0 Å². The van der Waals surface area contributed by atoms with Gasteiger partial charge in [0.2, 0.25) is 11.9 Å². The van der Waals surface area contributed by atoms with Crippen molar-refractivity contribution in [2.75, 3.05) is 26.2 Å². The van der Waals surface area contributed by atoms with Crippen LogP contribution in [0.4, 0.5) is 33.6 Å². The van der Waals surface area contributed by atoms with Gasteiger partial charge in [0.05, 0.1) is 44.0 Å². The van der Waals surface area contributed by atoms with Gasteiger partial charge in [-0.2, -0.15) is 0 Å². The van der Waals surface area contributed by atoms with Crippen LogP contribution in [-0.2, 0) is 113 Å². The number of aliphatic hydroxyl groups is 4. The molecule has 1 aliphatic carbocycles. The van der Waals surface area contributed by atoms with Crippen molar-refractivity contribution in [3.63, 3.8) is 0 Å². The molecule has 0 aromatic heterocycles. The zero-order chi connectivity index (χ0) is 82.8. The Morgan fingerprint density at radius 2 is 0.754 bits per heavy atom. The van der Waals surface area contributed by atoms with E-state index in [2.05, 4.69) is 47.5 Å². The summed E-state index contributed by atoms with van der Waals surface area (Å²) >= 11 is 0. The largest absolute Gasteiger partial charge is 0.445 e. The highest BCUT2D eigenvalue weighted by atomic mass is 16.8. The topological polar surface area (TPSA) is 446 Å². The van der Waals surface area contributed by atoms with Gasteiger partial charge in [0.1, 0.15) is 101 Å². The number of ether oxygens (including phenoxy) is 13. The number of guanidine groups is 1. The molecule has 0 bridgehead atoms. The number of carbonyl (C=O) groups excluding carboxylic acids is 8. The third-order valence-electron chi connectivity index (χ3n) is 18.6. The number of aliphatic hydroxyl groups excluding tert-OH is 4. The second kappa shape index (κ2) is 45.2. The number of hydrogen-bond donors (Lipinski definition) is 12. The van der Waals surface area contributed by atoms with Gasteiger partial charge in [-0.25, -0.2) is 33.6 Å². The van der Waals surface area contributed by atoms with Gasteiger partial charge >= 0.3 is 42.7 Å². The Kier molecular flexibility index (Phi) is 33.2. The lowest BCUT2D eigenvalue weighted by molar-refractivity contribution is -0.282. The quantitative estimate of drug-likeness (QED) is 0.00877. The zero-order valence-corrected chi connectivity index (χ0v) is 63.8. The average molecular weight is 1630 g/mol. The number of alkyl carbamates (subject to hydrolysis) is 6. The fourth-order valence-corrected chi connectivity index (χ4v) is 12.6. The molecule has 624 valence electrons. The molecule has 4 aliphatic rings. The van der Waals surface area contributed by atoms with Crippen molar-refractivity contribution in [3.8, 4) is 0 Å². The first kappa shape index (κ1) is 86.5. The second-order valence-electron chi connectivity index (χ2n) is 27.3. The van der Waals surface area contributed by atoms with Gasteiger partial charge in [-0.05, 0) is 51.8 Å². The molecule has 34 heteroatoms. The highest BCUT2D eigenvalue weighted by Crippen LogP contribution is 2.35. The second-order valence-corrected chi connectivity index (χ2v) is 27.3. The Hall–Kier alpha value is -12.4. The van der Waals surface area contributed by atoms with Gasteiger partial charge in [0, 0.05) is 6.54 Å². The summed E-state index contributed by atoms with van der Waals surface area (Å²) in [6, 6.07) is 55.6. The van der Waals surface area contributed by atoms with Crippen LogP contribution in [0.25, 0.3) is 0 Å². The van der Waals surface area contributed by atoms with Crippen LogP contribution in [-0.4, -0.2) is 199 Å². The van der Waals surface area contributed by atoms with Crippen LogP contribution >= 0.6 is 0 Å². The monoisotopic (exact) mass is 1630 g/mol. The molecule has 0 unspecified atom stereocenters. The number of amides is 8. The van der Waals surface area contributed by atoms with E-state index < -0.39 is 172 Å². The minimum atomic E-state index is -2.05. The Morgan fingerprint density at radius 1 is 0.390 bits per heavy atom. The molecule has 16 atom stereocenters. The summed E-state index contributed by atoms with van der Waals surface area (Å²) in [6.45, 7) is -2.90. The van der Waals surface area contributed by atoms with Gasteiger partial charge in [-0.3, -0.25) is 10.1 Å². The molecular weight excluding hydrogens is 1530 g/mol. The number of nitrogens with one attached hydrogen (secondary N) is 8. The molecule has 3 aliphatic heterocycles. The maximum atomic E-state index is 14.6. The summed E-state index contributed by atoms with van der Waals surface area (Å²) in [5.41, 5.74) is 4.53. The molecule has 34 nitrogen and oxygen atoms in total. The normalized spacial score (nSPS) is 23.4. The minimum absolute atomic E-state index is 0.0563. The first-order valence-corrected chi connectivity index (χ1v) is 38.0. The molecule has 1 saturated heterocycles. The third kappa shape index (κ3) is 27.7. The molecule has 118 heavy (non-hydrogen) atoms. The summed E-state index contributed by atoms with van der Waals surface area (Å²) in [7, 11) is 0. The van der Waals surface area contributed by atoms with Crippen molar-refractivity contribution in [1.29, 1.82) is 0 Å². The number of rotatable bonds is 33. The lowest BCUT2D eigenvalue weighted by atomic mass is 9.83. The van der Waals surface area contributed by atoms with E-state index in [4.69, 9.17) is 61.6 Å². The number of aliphatic imine (C=N–C) groups is 1. The van der Waals surface area contributed by atoms with Crippen molar-refractivity contribution in [1.82, 2.24) is 42.5 Å². The van der Waals surface area contributed by atoms with Crippen molar-refractivity contribution >= 4 is 54.5 Å². The molecule has 0 spiro atoms. The van der Waals surface area contributed by atoms with Crippen molar-refractivity contribution in [3.05, 3.63) is 276 Å². The molecule has 7 aromatic carbocycles. The third-order valence-corrected chi connectivity index (χ3v) is 18.6. The first-order valence-electron chi connectivity index (χ1n) is 38.0. The lowest BCUT2D eigenvalue weighted by Crippen LogP contribution is -2.68. The summed E-state index contributed by atoms with van der Waals surface area (Å²) in [5.74, 6) is -1.63. The van der Waals surface area contributed by atoms with E-state index in [0.29, 0.717) is 33.4 Å². The van der Waals surface area contributed by atoms with E-state index in [9.17, 15) is 58.8 Å². The first-order chi connectivity index (χ1) is 57.4. The fourth-order valence-electron chi connectivity index (χ4n) is 12.6. The van der Waals surface area contributed by atoms with Crippen LogP contribution in [0.5, 0.6) is 0 Å². The molecular formula is C84H93N9O25. The van der Waals surface area contributed by atoms with Gasteiger partial charge in [-0.1, -0.05) is 237 Å². The van der Waals surface area contributed by atoms with E-state index in [1.54, 1.807) is 206 Å². The number of benzene rings is 7. The van der Waals surface area contributed by atoms with Crippen LogP contribution < -0.4 is 42.5 Å². The summed E-state index contributed by atoms with van der Waals surface area (Å²) in [4.78, 5) is 113. The molecule has 1 saturated carbocycles. The highest BCUT2D eigenvalue weighted by molar-refractivity contribution is 5.98. The Morgan fingerprint density at radius 3 is 1.16 bits per heavy atom. The molecule has 3 heterocycles. The SMILES string of the molecule is O=C(/N=C(/NCC[C@H](O)C(=O)N[C@@H]1C[C@H](NC(=O)OCc2ccccc2)[C@@H](O[C@H]2O[C@H](CNC(=O)OCc3ccccc3)C=C[C@H]2NC(=O)OCc2ccccc2)[C@H](O[C@@H]2O[C@H](CO)[C@@H](O[C@H]3O[C@@H](CNC(=O)OCc4ccccc4)C=C[C@H]3NC(=O)OCc3ccccc3)[C@H]2O)[C@H]1O)NC(=O)OCc1ccccc1)OCc1ccccc1. The van der Waals surface area contributed by atoms with Crippen molar-refractivity contribution in [2.45, 2.75) is 157 Å². The summed E-state index contributed by atoms with van der Waals surface area (Å²) in [6.07, 6.45) is -22.2. The molecule has 12 N–H and O–H groups in total. The van der Waals surface area contributed by atoms with Crippen LogP contribution in [0.3, 0.4) is 0 Å². The van der Waals surface area contributed by atoms with Crippen LogP contribution in [0, 0.1) is 0 Å². The Labute approximate surface area is 678 Å². The van der Waals surface area contributed by atoms with E-state index in [-0.39, 0.29) is 65.9 Å². The van der Waals surface area contributed by atoms with Gasteiger partial charge < -0.3 is 119 Å². The minimum Gasteiger partial charge on any atom is -0.445 e. The summed E-state index contributed by atoms with van der Waals surface area (Å²) in [5, 5.41) is 69.8. The molecule has 11 rings (SSSR count). The maximum Gasteiger partial charge on any atom is 0.437 e. The standard InChI is InChI=1S/C84H93N9O25/c94-45-67-71(117-75-63(90-81(102)109-49-56-28-14-4-15-29-56)39-37-61(114-75)44-87-79(100)107-47-54-24-10-2-11-25-54)69(97)76(115-67)118-72-68(96)64(88-73(98)66(95)40-41-85-77(92-83(104)111-51-58-32-18-6-19-33-58)93-84(105)112-52-59-34-20-7-21-35-59)42-65(91-82(103)110-50-57-30-16-5-17-31-57)70(72)116-74-62(89-80(101)108-48-55-26-12-3-13-27-55)38-36-60(113-74)43-86-78(99)106-46-53-22-8-1-9-23-53/h1-39,60-72,74-76,94-97H,40-52H2,(H,86,99)(H,87,100)(H,88,98)(H,89,101)(H,90,102)(H,91,103)(H2,85,92,93,104,105)/t60-,61+,62+,63+,64+,65-,66-,67+,68-,69+,70+,71+,72+,74+,75+,76-/m0/s1. The Balaban J connectivity index is 0.876. The Bertz CT molecular complexity index is 4420. The van der Waals surface area contributed by atoms with Crippen LogP contribution in [0.2, 0.25) is 0 Å². The maximum absolute atomic E-state index is 14.6. The van der Waals surface area contributed by atoms with Gasteiger partial charge in [-0.15, -0.1) is 4.99 Å².